The normalized spacial score (nSPS) is 13.9. The third-order valence-electron chi connectivity index (χ3n) is 5.72. The summed E-state index contributed by atoms with van der Waals surface area (Å²) >= 11 is 1.54. The molecular formula is C23H42N10O5S. The number of aliphatic imine (C=N–C) groups is 1. The number of nitrogens with two attached hydrogens (primary N) is 4. The SMILES string of the molecule is CSCCC(N)C(=O)NC(CCCN=C(N)N)C(=O)NC(Cc1cnc[nH]1)C(=O)NC(CCCCN)C(=O)O. The summed E-state index contributed by atoms with van der Waals surface area (Å²) in [6, 6.07) is -4.17. The predicted octanol–water partition coefficient (Wildman–Crippen LogP) is -2.25. The molecule has 0 fully saturated rings. The molecule has 220 valence electrons. The maximum Gasteiger partial charge on any atom is 0.326 e. The highest BCUT2D eigenvalue weighted by atomic mass is 32.2. The summed E-state index contributed by atoms with van der Waals surface area (Å²) in [6.07, 6.45) is 7.04. The van der Waals surface area contributed by atoms with Gasteiger partial charge in [-0.25, -0.2) is 9.78 Å². The van der Waals surface area contributed by atoms with Gasteiger partial charge < -0.3 is 49.0 Å². The quantitative estimate of drug-likeness (QED) is 0.0459. The van der Waals surface area contributed by atoms with Crippen molar-refractivity contribution in [3.63, 3.8) is 0 Å². The van der Waals surface area contributed by atoms with Gasteiger partial charge in [-0.1, -0.05) is 0 Å². The molecule has 1 aromatic rings. The Morgan fingerprint density at radius 3 is 2.23 bits per heavy atom. The minimum absolute atomic E-state index is 0.00855. The van der Waals surface area contributed by atoms with Crippen LogP contribution in [-0.2, 0) is 25.6 Å². The van der Waals surface area contributed by atoms with Crippen molar-refractivity contribution < 1.29 is 24.3 Å². The number of H-pyrrole nitrogens is 1. The molecular weight excluding hydrogens is 528 g/mol. The molecule has 0 aliphatic heterocycles. The summed E-state index contributed by atoms with van der Waals surface area (Å²) < 4.78 is 0. The average Bonchev–Trinajstić information content (AvgIpc) is 3.40. The molecule has 1 rings (SSSR count). The van der Waals surface area contributed by atoms with Gasteiger partial charge in [0.25, 0.3) is 0 Å². The molecule has 3 amide bonds. The smallest absolute Gasteiger partial charge is 0.326 e. The van der Waals surface area contributed by atoms with Gasteiger partial charge >= 0.3 is 5.97 Å². The van der Waals surface area contributed by atoms with Gasteiger partial charge in [0.2, 0.25) is 17.7 Å². The van der Waals surface area contributed by atoms with Crippen LogP contribution in [0.4, 0.5) is 0 Å². The van der Waals surface area contributed by atoms with Gasteiger partial charge in [0.1, 0.15) is 18.1 Å². The molecule has 0 aromatic carbocycles. The maximum absolute atomic E-state index is 13.3. The van der Waals surface area contributed by atoms with Crippen molar-refractivity contribution in [3.05, 3.63) is 18.2 Å². The second kappa shape index (κ2) is 18.8. The number of rotatable bonds is 20. The van der Waals surface area contributed by atoms with E-state index in [4.69, 9.17) is 22.9 Å². The van der Waals surface area contributed by atoms with Crippen molar-refractivity contribution in [1.82, 2.24) is 25.9 Å². The van der Waals surface area contributed by atoms with Crippen LogP contribution < -0.4 is 38.9 Å². The van der Waals surface area contributed by atoms with E-state index in [2.05, 4.69) is 30.9 Å². The lowest BCUT2D eigenvalue weighted by molar-refractivity contribution is -0.142. The van der Waals surface area contributed by atoms with Gasteiger partial charge in [-0.3, -0.25) is 19.4 Å². The number of thioether (sulfide) groups is 1. The van der Waals surface area contributed by atoms with Crippen molar-refractivity contribution >= 4 is 41.4 Å². The van der Waals surface area contributed by atoms with E-state index in [1.165, 1.54) is 24.3 Å². The Kier molecular flexibility index (Phi) is 16.2. The number of carbonyl (C=O) groups is 4. The van der Waals surface area contributed by atoms with Gasteiger partial charge in [0.05, 0.1) is 12.4 Å². The Morgan fingerprint density at radius 2 is 1.64 bits per heavy atom. The number of hydrogen-bond donors (Lipinski definition) is 9. The molecule has 0 aliphatic carbocycles. The van der Waals surface area contributed by atoms with E-state index in [-0.39, 0.29) is 31.8 Å². The Hall–Kier alpha value is -3.37. The Labute approximate surface area is 232 Å². The van der Waals surface area contributed by atoms with E-state index in [1.807, 2.05) is 6.26 Å². The molecule has 0 spiro atoms. The number of carbonyl (C=O) groups excluding carboxylic acids is 3. The minimum Gasteiger partial charge on any atom is -0.480 e. The lowest BCUT2D eigenvalue weighted by atomic mass is 10.1. The Morgan fingerprint density at radius 1 is 1.00 bits per heavy atom. The fourth-order valence-electron chi connectivity index (χ4n) is 3.55. The minimum atomic E-state index is -1.20. The van der Waals surface area contributed by atoms with Crippen molar-refractivity contribution in [3.8, 4) is 0 Å². The number of nitrogens with zero attached hydrogens (tertiary/aromatic N) is 2. The summed E-state index contributed by atoms with van der Waals surface area (Å²) in [7, 11) is 0. The van der Waals surface area contributed by atoms with Crippen LogP contribution >= 0.6 is 11.8 Å². The molecule has 0 bridgehead atoms. The molecule has 0 aliphatic rings. The standard InChI is InChI=1S/C23H42N10O5S/c1-39-10-7-15(25)19(34)31-16(6-4-9-29-23(26)27)20(35)33-18(11-14-12-28-13-30-14)21(36)32-17(22(37)38)5-2-3-8-24/h12-13,15-18H,2-11,24-25H2,1H3,(H,28,30)(H,31,34)(H,32,36)(H,33,35)(H,37,38)(H4,26,27,29). The first-order valence-corrected chi connectivity index (χ1v) is 14.1. The van der Waals surface area contributed by atoms with Gasteiger partial charge in [-0.2, -0.15) is 11.8 Å². The molecule has 0 saturated carbocycles. The molecule has 0 saturated heterocycles. The number of nitrogens with one attached hydrogen (secondary N) is 4. The van der Waals surface area contributed by atoms with Crippen LogP contribution in [0.1, 0.15) is 44.2 Å². The van der Waals surface area contributed by atoms with Gasteiger partial charge in [0, 0.05) is 24.9 Å². The number of aromatic nitrogens is 2. The Bertz CT molecular complexity index is 926. The number of aliphatic carboxylic acids is 1. The number of guanidine groups is 1. The summed E-state index contributed by atoms with van der Waals surface area (Å²) in [5, 5.41) is 17.4. The highest BCUT2D eigenvalue weighted by molar-refractivity contribution is 7.98. The molecule has 15 nitrogen and oxygen atoms in total. The molecule has 39 heavy (non-hydrogen) atoms. The van der Waals surface area contributed by atoms with Crippen LogP contribution in [0.5, 0.6) is 0 Å². The highest BCUT2D eigenvalue weighted by Crippen LogP contribution is 2.07. The first-order chi connectivity index (χ1) is 18.6. The molecule has 16 heteroatoms. The van der Waals surface area contributed by atoms with Gasteiger partial charge in [-0.15, -0.1) is 0 Å². The maximum atomic E-state index is 13.3. The Balaban J connectivity index is 3.06. The number of hydrogen-bond acceptors (Lipinski definition) is 9. The average molecular weight is 571 g/mol. The van der Waals surface area contributed by atoms with Crippen LogP contribution in [0, 0.1) is 0 Å². The van der Waals surface area contributed by atoms with Crippen LogP contribution in [0.2, 0.25) is 0 Å². The number of amides is 3. The number of carboxylic acids is 1. The number of aromatic amines is 1. The largest absolute Gasteiger partial charge is 0.480 e. The van der Waals surface area contributed by atoms with Crippen molar-refractivity contribution in [1.29, 1.82) is 0 Å². The second-order valence-corrected chi connectivity index (χ2v) is 9.91. The fourth-order valence-corrected chi connectivity index (χ4v) is 4.04. The van der Waals surface area contributed by atoms with Gasteiger partial charge in [-0.05, 0) is 57.1 Å². The van der Waals surface area contributed by atoms with Crippen molar-refractivity contribution in [2.45, 2.75) is 69.1 Å². The van der Waals surface area contributed by atoms with Crippen LogP contribution in [0.3, 0.4) is 0 Å². The van der Waals surface area contributed by atoms with E-state index >= 15 is 0 Å². The van der Waals surface area contributed by atoms with Crippen molar-refractivity contribution in [2.24, 2.45) is 27.9 Å². The lowest BCUT2D eigenvalue weighted by Crippen LogP contribution is -2.57. The van der Waals surface area contributed by atoms with E-state index in [0.717, 1.165) is 0 Å². The third-order valence-corrected chi connectivity index (χ3v) is 6.37. The monoisotopic (exact) mass is 570 g/mol. The van der Waals surface area contributed by atoms with E-state index in [0.29, 0.717) is 43.7 Å². The number of imidazole rings is 1. The lowest BCUT2D eigenvalue weighted by Gasteiger charge is -2.25. The molecule has 13 N–H and O–H groups in total. The first kappa shape index (κ1) is 33.7. The number of unbranched alkanes of at least 4 members (excludes halogenated alkanes) is 1. The zero-order valence-corrected chi connectivity index (χ0v) is 23.0. The van der Waals surface area contributed by atoms with Crippen LogP contribution in [0.25, 0.3) is 0 Å². The molecule has 0 radical (unpaired) electrons. The summed E-state index contributed by atoms with van der Waals surface area (Å²) in [5.74, 6) is -2.48. The van der Waals surface area contributed by atoms with Crippen molar-refractivity contribution in [2.75, 3.05) is 25.1 Å². The zero-order chi connectivity index (χ0) is 29.2. The molecule has 1 aromatic heterocycles. The van der Waals surface area contributed by atoms with Gasteiger partial charge in [0.15, 0.2) is 5.96 Å². The second-order valence-electron chi connectivity index (χ2n) is 8.92. The highest BCUT2D eigenvalue weighted by Gasteiger charge is 2.30. The predicted molar refractivity (Wildman–Crippen MR) is 150 cm³/mol. The van der Waals surface area contributed by atoms with Crippen LogP contribution in [-0.4, -0.2) is 94.0 Å². The zero-order valence-electron chi connectivity index (χ0n) is 22.2. The summed E-state index contributed by atoms with van der Waals surface area (Å²) in [5.41, 5.74) is 22.7. The fraction of sp³-hybridized carbons (Fsp3) is 0.652. The number of carboxylic acid groups (broad SMARTS) is 1. The molecule has 4 atom stereocenters. The van der Waals surface area contributed by atoms with Crippen LogP contribution in [0.15, 0.2) is 17.5 Å². The molecule has 4 unspecified atom stereocenters. The van der Waals surface area contributed by atoms with E-state index < -0.39 is 47.9 Å². The van der Waals surface area contributed by atoms with E-state index in [1.54, 1.807) is 0 Å². The molecule has 1 heterocycles. The third kappa shape index (κ3) is 13.8. The van der Waals surface area contributed by atoms with E-state index in [9.17, 15) is 24.3 Å². The summed E-state index contributed by atoms with van der Waals surface area (Å²) in [6.45, 7) is 0.623. The first-order valence-electron chi connectivity index (χ1n) is 12.7. The summed E-state index contributed by atoms with van der Waals surface area (Å²) in [4.78, 5) is 61.5. The topological polar surface area (TPSA) is 270 Å².